The van der Waals surface area contributed by atoms with Crippen LogP contribution in [-0.4, -0.2) is 31.9 Å². The number of benzene rings is 2. The van der Waals surface area contributed by atoms with Gasteiger partial charge in [0.15, 0.2) is 11.5 Å². The zero-order valence-electron chi connectivity index (χ0n) is 15.2. The van der Waals surface area contributed by atoms with Crippen LogP contribution >= 0.6 is 0 Å². The molecule has 1 heterocycles. The van der Waals surface area contributed by atoms with Crippen LogP contribution in [0.4, 0.5) is 5.69 Å². The summed E-state index contributed by atoms with van der Waals surface area (Å²) in [6, 6.07) is 11.8. The minimum Gasteiger partial charge on any atom is -0.493 e. The molecule has 7 heteroatoms. The van der Waals surface area contributed by atoms with Gasteiger partial charge in [-0.25, -0.2) is 0 Å². The van der Waals surface area contributed by atoms with E-state index < -0.39 is 0 Å². The maximum absolute atomic E-state index is 12.3. The highest BCUT2D eigenvalue weighted by molar-refractivity contribution is 6.19. The third-order valence-electron chi connectivity index (χ3n) is 4.34. The Balaban J connectivity index is 1.65. The van der Waals surface area contributed by atoms with Gasteiger partial charge in [-0.1, -0.05) is 6.07 Å². The zero-order chi connectivity index (χ0) is 19.4. The Labute approximate surface area is 156 Å². The van der Waals surface area contributed by atoms with E-state index in [0.717, 1.165) is 10.5 Å². The van der Waals surface area contributed by atoms with E-state index in [1.165, 1.54) is 0 Å². The van der Waals surface area contributed by atoms with Crippen molar-refractivity contribution in [1.82, 2.24) is 5.32 Å². The molecule has 7 nitrogen and oxygen atoms in total. The first-order chi connectivity index (χ1) is 13.0. The third-order valence-corrected chi connectivity index (χ3v) is 4.34. The largest absolute Gasteiger partial charge is 0.493 e. The molecule has 0 spiro atoms. The fraction of sp³-hybridized carbons (Fsp3) is 0.250. The summed E-state index contributed by atoms with van der Waals surface area (Å²) in [5.74, 6) is 0.523. The molecule has 0 aromatic heterocycles. The SMILES string of the molecule is COc1ccc(CNC(=O)c2ccc(N3C(=O)CCC3=O)cc2)cc1OC. The monoisotopic (exact) mass is 368 g/mol. The number of carbonyl (C=O) groups is 3. The van der Waals surface area contributed by atoms with Gasteiger partial charge in [0.1, 0.15) is 0 Å². The van der Waals surface area contributed by atoms with E-state index in [-0.39, 0.29) is 30.6 Å². The summed E-state index contributed by atoms with van der Waals surface area (Å²) in [6.45, 7) is 0.323. The van der Waals surface area contributed by atoms with Crippen molar-refractivity contribution >= 4 is 23.4 Å². The molecular formula is C20H20N2O5. The lowest BCUT2D eigenvalue weighted by Crippen LogP contribution is -2.28. The van der Waals surface area contributed by atoms with Crippen LogP contribution in [-0.2, 0) is 16.1 Å². The van der Waals surface area contributed by atoms with Crippen molar-refractivity contribution in [1.29, 1.82) is 0 Å². The number of methoxy groups -OCH3 is 2. The molecule has 0 radical (unpaired) electrons. The third kappa shape index (κ3) is 3.92. The molecule has 1 aliphatic heterocycles. The van der Waals surface area contributed by atoms with Crippen LogP contribution < -0.4 is 19.7 Å². The normalized spacial score (nSPS) is 13.6. The minimum atomic E-state index is -0.254. The Morgan fingerprint density at radius 3 is 2.19 bits per heavy atom. The van der Waals surface area contributed by atoms with Crippen LogP contribution in [0.1, 0.15) is 28.8 Å². The number of ether oxygens (including phenoxy) is 2. The van der Waals surface area contributed by atoms with E-state index in [0.29, 0.717) is 29.3 Å². The van der Waals surface area contributed by atoms with Crippen molar-refractivity contribution in [3.8, 4) is 11.5 Å². The second-order valence-corrected chi connectivity index (χ2v) is 6.04. The van der Waals surface area contributed by atoms with Crippen LogP contribution in [0.15, 0.2) is 42.5 Å². The molecule has 0 atom stereocenters. The Morgan fingerprint density at radius 1 is 0.963 bits per heavy atom. The van der Waals surface area contributed by atoms with Gasteiger partial charge >= 0.3 is 0 Å². The van der Waals surface area contributed by atoms with Gasteiger partial charge in [0.2, 0.25) is 11.8 Å². The summed E-state index contributed by atoms with van der Waals surface area (Å²) in [5.41, 5.74) is 1.79. The molecule has 1 aliphatic rings. The highest BCUT2D eigenvalue weighted by Gasteiger charge is 2.30. The molecule has 1 fully saturated rings. The summed E-state index contributed by atoms with van der Waals surface area (Å²) < 4.78 is 10.4. The van der Waals surface area contributed by atoms with Crippen LogP contribution in [0.3, 0.4) is 0 Å². The Hall–Kier alpha value is -3.35. The molecule has 2 aromatic carbocycles. The van der Waals surface area contributed by atoms with E-state index in [9.17, 15) is 14.4 Å². The first kappa shape index (κ1) is 18.4. The second kappa shape index (κ2) is 7.90. The average Bonchev–Trinajstić information content (AvgIpc) is 3.04. The summed E-state index contributed by atoms with van der Waals surface area (Å²) in [5, 5.41) is 2.83. The first-order valence-corrected chi connectivity index (χ1v) is 8.48. The summed E-state index contributed by atoms with van der Waals surface area (Å²) in [6.07, 6.45) is 0.457. The minimum absolute atomic E-state index is 0.217. The van der Waals surface area contributed by atoms with Crippen molar-refractivity contribution in [3.63, 3.8) is 0 Å². The number of rotatable bonds is 6. The predicted octanol–water partition coefficient (Wildman–Crippen LogP) is 2.29. The van der Waals surface area contributed by atoms with Gasteiger partial charge in [0.25, 0.3) is 5.91 Å². The molecule has 2 aromatic rings. The number of nitrogens with one attached hydrogen (secondary N) is 1. The van der Waals surface area contributed by atoms with Gasteiger partial charge in [-0.05, 0) is 42.0 Å². The van der Waals surface area contributed by atoms with Crippen LogP contribution in [0, 0.1) is 0 Å². The van der Waals surface area contributed by atoms with Gasteiger partial charge < -0.3 is 14.8 Å². The number of nitrogens with zero attached hydrogens (tertiary/aromatic N) is 1. The van der Waals surface area contributed by atoms with Crippen LogP contribution in [0.25, 0.3) is 0 Å². The predicted molar refractivity (Wildman–Crippen MR) is 98.9 cm³/mol. The van der Waals surface area contributed by atoms with E-state index in [2.05, 4.69) is 5.32 Å². The molecule has 3 amide bonds. The van der Waals surface area contributed by atoms with Gasteiger partial charge in [-0.2, -0.15) is 0 Å². The standard InChI is InChI=1S/C20H20N2O5/c1-26-16-8-3-13(11-17(16)27-2)12-21-20(25)14-4-6-15(7-5-14)22-18(23)9-10-19(22)24/h3-8,11H,9-10,12H2,1-2H3,(H,21,25). The highest BCUT2D eigenvalue weighted by Crippen LogP contribution is 2.27. The van der Waals surface area contributed by atoms with E-state index in [4.69, 9.17) is 9.47 Å². The van der Waals surface area contributed by atoms with Crippen molar-refractivity contribution in [2.75, 3.05) is 19.1 Å². The zero-order valence-corrected chi connectivity index (χ0v) is 15.2. The van der Waals surface area contributed by atoms with Crippen LogP contribution in [0.2, 0.25) is 0 Å². The molecule has 0 bridgehead atoms. The van der Waals surface area contributed by atoms with E-state index >= 15 is 0 Å². The number of imide groups is 1. The smallest absolute Gasteiger partial charge is 0.251 e. The topological polar surface area (TPSA) is 84.9 Å². The van der Waals surface area contributed by atoms with Gasteiger partial charge in [-0.15, -0.1) is 0 Å². The summed E-state index contributed by atoms with van der Waals surface area (Å²) in [4.78, 5) is 37.0. The molecule has 1 saturated heterocycles. The average molecular weight is 368 g/mol. The lowest BCUT2D eigenvalue weighted by molar-refractivity contribution is -0.121. The lowest BCUT2D eigenvalue weighted by Gasteiger charge is -2.14. The summed E-state index contributed by atoms with van der Waals surface area (Å²) >= 11 is 0. The number of carbonyl (C=O) groups excluding carboxylic acids is 3. The van der Waals surface area contributed by atoms with Crippen LogP contribution in [0.5, 0.6) is 11.5 Å². The number of hydrogen-bond donors (Lipinski definition) is 1. The highest BCUT2D eigenvalue weighted by atomic mass is 16.5. The second-order valence-electron chi connectivity index (χ2n) is 6.04. The summed E-state index contributed by atoms with van der Waals surface area (Å²) in [7, 11) is 3.11. The Bertz CT molecular complexity index is 860. The molecule has 27 heavy (non-hydrogen) atoms. The molecule has 3 rings (SSSR count). The van der Waals surface area contributed by atoms with Crippen molar-refractivity contribution in [2.45, 2.75) is 19.4 Å². The quantitative estimate of drug-likeness (QED) is 0.791. The van der Waals surface area contributed by atoms with Gasteiger partial charge in [0.05, 0.1) is 19.9 Å². The molecule has 140 valence electrons. The Morgan fingerprint density at radius 2 is 1.59 bits per heavy atom. The number of hydrogen-bond acceptors (Lipinski definition) is 5. The van der Waals surface area contributed by atoms with Gasteiger partial charge in [-0.3, -0.25) is 19.3 Å². The lowest BCUT2D eigenvalue weighted by atomic mass is 10.1. The molecule has 0 aliphatic carbocycles. The van der Waals surface area contributed by atoms with Crippen molar-refractivity contribution in [2.24, 2.45) is 0 Å². The fourth-order valence-electron chi connectivity index (χ4n) is 2.90. The molecule has 0 unspecified atom stereocenters. The Kier molecular flexibility index (Phi) is 5.40. The number of amides is 3. The molecule has 1 N–H and O–H groups in total. The van der Waals surface area contributed by atoms with E-state index in [1.54, 1.807) is 50.6 Å². The molecule has 0 saturated carbocycles. The van der Waals surface area contributed by atoms with Crippen molar-refractivity contribution < 1.29 is 23.9 Å². The van der Waals surface area contributed by atoms with E-state index in [1.807, 2.05) is 6.07 Å². The first-order valence-electron chi connectivity index (χ1n) is 8.48. The number of anilines is 1. The van der Waals surface area contributed by atoms with Crippen molar-refractivity contribution in [3.05, 3.63) is 53.6 Å². The fourth-order valence-corrected chi connectivity index (χ4v) is 2.90. The molecular weight excluding hydrogens is 348 g/mol. The maximum Gasteiger partial charge on any atom is 0.251 e. The van der Waals surface area contributed by atoms with Gasteiger partial charge in [0, 0.05) is 24.9 Å². The maximum atomic E-state index is 12.3.